The van der Waals surface area contributed by atoms with Crippen molar-refractivity contribution < 1.29 is 9.52 Å². The normalized spacial score (nSPS) is 10.5. The topological polar surface area (TPSA) is 33.4 Å². The van der Waals surface area contributed by atoms with Crippen molar-refractivity contribution in [2.75, 3.05) is 0 Å². The molecule has 0 spiro atoms. The van der Waals surface area contributed by atoms with E-state index in [0.29, 0.717) is 32.5 Å². The summed E-state index contributed by atoms with van der Waals surface area (Å²) in [5.41, 5.74) is 2.74. The maximum atomic E-state index is 9.88. The SMILES string of the molecule is Oc1ccc2oc(-c3ccccc3Cl)c(C#Cc3ccccc3Cl)c2c1. The van der Waals surface area contributed by atoms with E-state index in [4.69, 9.17) is 27.6 Å². The second kappa shape index (κ2) is 6.80. The van der Waals surface area contributed by atoms with E-state index < -0.39 is 0 Å². The Morgan fingerprint density at radius 2 is 1.54 bits per heavy atom. The van der Waals surface area contributed by atoms with E-state index in [1.807, 2.05) is 36.4 Å². The van der Waals surface area contributed by atoms with E-state index >= 15 is 0 Å². The van der Waals surface area contributed by atoms with Crippen molar-refractivity contribution >= 4 is 34.2 Å². The molecule has 4 rings (SSSR count). The summed E-state index contributed by atoms with van der Waals surface area (Å²) in [5.74, 6) is 6.95. The van der Waals surface area contributed by atoms with E-state index in [1.165, 1.54) is 0 Å². The van der Waals surface area contributed by atoms with E-state index in [2.05, 4.69) is 11.8 Å². The maximum absolute atomic E-state index is 9.88. The fourth-order valence-electron chi connectivity index (χ4n) is 2.74. The van der Waals surface area contributed by atoms with Crippen molar-refractivity contribution in [1.29, 1.82) is 0 Å². The van der Waals surface area contributed by atoms with Crippen molar-refractivity contribution in [3.05, 3.63) is 87.9 Å². The van der Waals surface area contributed by atoms with Crippen LogP contribution in [0.15, 0.2) is 71.1 Å². The molecule has 0 atom stereocenters. The molecule has 1 N–H and O–H groups in total. The molecule has 2 nitrogen and oxygen atoms in total. The van der Waals surface area contributed by atoms with Crippen molar-refractivity contribution in [2.24, 2.45) is 0 Å². The maximum Gasteiger partial charge on any atom is 0.152 e. The van der Waals surface area contributed by atoms with Crippen LogP contribution in [0.2, 0.25) is 10.0 Å². The van der Waals surface area contributed by atoms with Gasteiger partial charge in [0.1, 0.15) is 11.3 Å². The first-order chi connectivity index (χ1) is 12.6. The number of phenols is 1. The summed E-state index contributed by atoms with van der Waals surface area (Å²) in [5, 5.41) is 11.7. The molecule has 0 saturated carbocycles. The number of rotatable bonds is 1. The van der Waals surface area contributed by atoms with Gasteiger partial charge in [0.15, 0.2) is 5.76 Å². The lowest BCUT2D eigenvalue weighted by Gasteiger charge is -2.01. The van der Waals surface area contributed by atoms with Crippen LogP contribution < -0.4 is 0 Å². The summed E-state index contributed by atoms with van der Waals surface area (Å²) in [4.78, 5) is 0. The van der Waals surface area contributed by atoms with Gasteiger partial charge in [0.2, 0.25) is 0 Å². The average Bonchev–Trinajstić information content (AvgIpc) is 2.99. The predicted molar refractivity (Wildman–Crippen MR) is 106 cm³/mol. The third-order valence-electron chi connectivity index (χ3n) is 3.99. The highest BCUT2D eigenvalue weighted by Gasteiger charge is 2.17. The van der Waals surface area contributed by atoms with Crippen LogP contribution in [-0.4, -0.2) is 5.11 Å². The minimum atomic E-state index is 0.143. The first-order valence-electron chi connectivity index (χ1n) is 7.90. The largest absolute Gasteiger partial charge is 0.508 e. The van der Waals surface area contributed by atoms with Gasteiger partial charge < -0.3 is 9.52 Å². The van der Waals surface area contributed by atoms with Gasteiger partial charge in [-0.05, 0) is 42.5 Å². The summed E-state index contributed by atoms with van der Waals surface area (Å²) in [6, 6.07) is 19.7. The molecule has 0 saturated heterocycles. The number of benzene rings is 3. The van der Waals surface area contributed by atoms with Crippen LogP contribution in [0.4, 0.5) is 0 Å². The number of fused-ring (bicyclic) bond motifs is 1. The van der Waals surface area contributed by atoms with Crippen LogP contribution in [0.25, 0.3) is 22.3 Å². The molecule has 26 heavy (non-hydrogen) atoms. The molecule has 4 aromatic rings. The number of phenolic OH excluding ortho intramolecular Hbond substituents is 1. The summed E-state index contributed by atoms with van der Waals surface area (Å²) in [6.07, 6.45) is 0. The molecule has 0 radical (unpaired) electrons. The zero-order valence-corrected chi connectivity index (χ0v) is 15.0. The van der Waals surface area contributed by atoms with Crippen LogP contribution in [-0.2, 0) is 0 Å². The zero-order chi connectivity index (χ0) is 18.1. The fourth-order valence-corrected chi connectivity index (χ4v) is 3.14. The summed E-state index contributed by atoms with van der Waals surface area (Å²) in [6.45, 7) is 0. The number of furan rings is 1. The molecule has 3 aromatic carbocycles. The van der Waals surface area contributed by atoms with Gasteiger partial charge >= 0.3 is 0 Å². The molecule has 0 amide bonds. The highest BCUT2D eigenvalue weighted by molar-refractivity contribution is 6.33. The van der Waals surface area contributed by atoms with Crippen molar-refractivity contribution in [1.82, 2.24) is 0 Å². The first-order valence-corrected chi connectivity index (χ1v) is 8.66. The van der Waals surface area contributed by atoms with Crippen LogP contribution in [0.1, 0.15) is 11.1 Å². The van der Waals surface area contributed by atoms with Crippen LogP contribution in [0, 0.1) is 11.8 Å². The Balaban J connectivity index is 1.98. The first kappa shape index (κ1) is 16.6. The van der Waals surface area contributed by atoms with Gasteiger partial charge in [-0.1, -0.05) is 59.3 Å². The van der Waals surface area contributed by atoms with Gasteiger partial charge in [0.05, 0.1) is 15.6 Å². The van der Waals surface area contributed by atoms with E-state index in [0.717, 1.165) is 10.9 Å². The number of aromatic hydroxyl groups is 1. The lowest BCUT2D eigenvalue weighted by Crippen LogP contribution is -1.82. The predicted octanol–water partition coefficient (Wildman–Crippen LogP) is 6.51. The Morgan fingerprint density at radius 1 is 0.808 bits per heavy atom. The number of hydrogen-bond donors (Lipinski definition) is 1. The van der Waals surface area contributed by atoms with Crippen molar-refractivity contribution in [3.63, 3.8) is 0 Å². The van der Waals surface area contributed by atoms with E-state index in [-0.39, 0.29) is 5.75 Å². The lowest BCUT2D eigenvalue weighted by atomic mass is 10.0. The quantitative estimate of drug-likeness (QED) is 0.383. The van der Waals surface area contributed by atoms with Gasteiger partial charge in [0, 0.05) is 16.5 Å². The molecule has 0 aliphatic carbocycles. The highest BCUT2D eigenvalue weighted by atomic mass is 35.5. The average molecular weight is 379 g/mol. The second-order valence-corrected chi connectivity index (χ2v) is 6.51. The number of halogens is 2. The lowest BCUT2D eigenvalue weighted by molar-refractivity contribution is 0.476. The highest BCUT2D eigenvalue weighted by Crippen LogP contribution is 2.37. The molecule has 0 bridgehead atoms. The fraction of sp³-hybridized carbons (Fsp3) is 0. The van der Waals surface area contributed by atoms with Crippen LogP contribution in [0.3, 0.4) is 0 Å². The molecule has 1 heterocycles. The Morgan fingerprint density at radius 3 is 2.31 bits per heavy atom. The molecule has 0 aliphatic heterocycles. The smallest absolute Gasteiger partial charge is 0.152 e. The molecular weight excluding hydrogens is 367 g/mol. The molecule has 4 heteroatoms. The van der Waals surface area contributed by atoms with Gasteiger partial charge in [-0.15, -0.1) is 0 Å². The van der Waals surface area contributed by atoms with Crippen LogP contribution >= 0.6 is 23.2 Å². The molecule has 0 unspecified atom stereocenters. The third kappa shape index (κ3) is 3.04. The van der Waals surface area contributed by atoms with Gasteiger partial charge in [-0.25, -0.2) is 0 Å². The van der Waals surface area contributed by atoms with Gasteiger partial charge in [0.25, 0.3) is 0 Å². The minimum Gasteiger partial charge on any atom is -0.508 e. The van der Waals surface area contributed by atoms with E-state index in [1.54, 1.807) is 30.3 Å². The Bertz CT molecular complexity index is 1180. The third-order valence-corrected chi connectivity index (χ3v) is 4.65. The Labute approximate surface area is 160 Å². The van der Waals surface area contributed by atoms with E-state index in [9.17, 15) is 5.11 Å². The molecule has 1 aromatic heterocycles. The van der Waals surface area contributed by atoms with Crippen molar-refractivity contribution in [3.8, 4) is 28.9 Å². The monoisotopic (exact) mass is 378 g/mol. The molecule has 0 fully saturated rings. The Hall–Kier alpha value is -2.86. The number of hydrogen-bond acceptors (Lipinski definition) is 2. The molecule has 0 aliphatic rings. The van der Waals surface area contributed by atoms with Crippen molar-refractivity contribution in [2.45, 2.75) is 0 Å². The summed E-state index contributed by atoms with van der Waals surface area (Å²) >= 11 is 12.6. The standard InChI is InChI=1S/C22H12Cl2O2/c23-19-7-3-1-5-14(19)9-11-16-18-13-15(25)10-12-21(18)26-22(16)17-6-2-4-8-20(17)24/h1-8,10,12-13,25H. The minimum absolute atomic E-state index is 0.143. The summed E-state index contributed by atoms with van der Waals surface area (Å²) < 4.78 is 6.01. The summed E-state index contributed by atoms with van der Waals surface area (Å²) in [7, 11) is 0. The Kier molecular flexibility index (Phi) is 4.34. The molecule has 126 valence electrons. The zero-order valence-electron chi connectivity index (χ0n) is 13.5. The van der Waals surface area contributed by atoms with Gasteiger partial charge in [-0.2, -0.15) is 0 Å². The van der Waals surface area contributed by atoms with Gasteiger partial charge in [-0.3, -0.25) is 0 Å². The second-order valence-electron chi connectivity index (χ2n) is 5.70. The van der Waals surface area contributed by atoms with Crippen LogP contribution in [0.5, 0.6) is 5.75 Å². The molecular formula is C22H12Cl2O2.